The van der Waals surface area contributed by atoms with E-state index in [1.165, 1.54) is 14.2 Å². The Hall–Kier alpha value is -2.68. The lowest BCUT2D eigenvalue weighted by molar-refractivity contribution is -0.136. The van der Waals surface area contributed by atoms with Crippen molar-refractivity contribution in [2.45, 2.75) is 12.8 Å². The fraction of sp³-hybridized carbons (Fsp3) is 0.375. The van der Waals surface area contributed by atoms with Crippen LogP contribution in [0.4, 0.5) is 0 Å². The third-order valence-electron chi connectivity index (χ3n) is 2.76. The SMILES string of the molecule is C#CC(=O)OCCCCOc1c(OC)cc(C=O)cc1OC. The number of esters is 1. The number of ether oxygens (including phenoxy) is 4. The summed E-state index contributed by atoms with van der Waals surface area (Å²) in [7, 11) is 2.96. The van der Waals surface area contributed by atoms with Crippen LogP contribution in [-0.2, 0) is 9.53 Å². The number of rotatable bonds is 9. The zero-order chi connectivity index (χ0) is 16.4. The third-order valence-corrected chi connectivity index (χ3v) is 2.76. The highest BCUT2D eigenvalue weighted by atomic mass is 16.5. The molecule has 0 spiro atoms. The molecule has 0 atom stereocenters. The highest BCUT2D eigenvalue weighted by molar-refractivity contribution is 5.87. The van der Waals surface area contributed by atoms with Crippen molar-refractivity contribution < 1.29 is 28.5 Å². The van der Waals surface area contributed by atoms with Crippen molar-refractivity contribution in [2.75, 3.05) is 27.4 Å². The van der Waals surface area contributed by atoms with E-state index >= 15 is 0 Å². The van der Waals surface area contributed by atoms with Crippen LogP contribution in [0.3, 0.4) is 0 Å². The van der Waals surface area contributed by atoms with E-state index in [0.29, 0.717) is 48.5 Å². The molecule has 22 heavy (non-hydrogen) atoms. The van der Waals surface area contributed by atoms with Gasteiger partial charge in [0.15, 0.2) is 11.5 Å². The molecule has 6 nitrogen and oxygen atoms in total. The molecule has 0 unspecified atom stereocenters. The Morgan fingerprint density at radius 3 is 2.27 bits per heavy atom. The average molecular weight is 306 g/mol. The van der Waals surface area contributed by atoms with E-state index in [1.807, 2.05) is 5.92 Å². The number of carbonyl (C=O) groups is 2. The first-order valence-electron chi connectivity index (χ1n) is 6.63. The smallest absolute Gasteiger partial charge is 0.384 e. The molecule has 1 aromatic rings. The monoisotopic (exact) mass is 306 g/mol. The molecule has 0 aliphatic carbocycles. The van der Waals surface area contributed by atoms with Crippen molar-refractivity contribution in [3.8, 4) is 29.6 Å². The summed E-state index contributed by atoms with van der Waals surface area (Å²) in [6.07, 6.45) is 6.85. The van der Waals surface area contributed by atoms with Gasteiger partial charge in [-0.2, -0.15) is 0 Å². The first-order valence-corrected chi connectivity index (χ1v) is 6.63. The van der Waals surface area contributed by atoms with Crippen molar-refractivity contribution >= 4 is 12.3 Å². The zero-order valence-corrected chi connectivity index (χ0v) is 12.6. The molecule has 0 saturated heterocycles. The van der Waals surface area contributed by atoms with Gasteiger partial charge in [0, 0.05) is 11.5 Å². The molecule has 0 radical (unpaired) electrons. The summed E-state index contributed by atoms with van der Waals surface area (Å²) in [6, 6.07) is 3.14. The predicted octanol–water partition coefficient (Wildman–Crippen LogP) is 1.85. The van der Waals surface area contributed by atoms with Gasteiger partial charge in [-0.25, -0.2) is 4.79 Å². The number of benzene rings is 1. The molecule has 0 saturated carbocycles. The van der Waals surface area contributed by atoms with Crippen LogP contribution in [-0.4, -0.2) is 39.7 Å². The Balaban J connectivity index is 2.56. The number of terminal acetylenes is 1. The van der Waals surface area contributed by atoms with Crippen molar-refractivity contribution in [1.29, 1.82) is 0 Å². The Morgan fingerprint density at radius 2 is 1.77 bits per heavy atom. The average Bonchev–Trinajstić information content (AvgIpc) is 2.56. The molecule has 6 heteroatoms. The maximum atomic E-state index is 10.9. The van der Waals surface area contributed by atoms with Gasteiger partial charge in [0.1, 0.15) is 6.29 Å². The van der Waals surface area contributed by atoms with E-state index in [1.54, 1.807) is 12.1 Å². The van der Waals surface area contributed by atoms with Gasteiger partial charge in [-0.05, 0) is 25.0 Å². The molecule has 0 heterocycles. The molecule has 1 rings (SSSR count). The number of methoxy groups -OCH3 is 2. The minimum absolute atomic E-state index is 0.241. The van der Waals surface area contributed by atoms with Crippen LogP contribution in [0.2, 0.25) is 0 Å². The summed E-state index contributed by atoms with van der Waals surface area (Å²) in [5.41, 5.74) is 0.433. The van der Waals surface area contributed by atoms with Crippen molar-refractivity contribution in [3.05, 3.63) is 17.7 Å². The lowest BCUT2D eigenvalue weighted by atomic mass is 10.2. The standard InChI is InChI=1S/C16H18O6/c1-4-15(18)21-7-5-6-8-22-16-13(19-2)9-12(11-17)10-14(16)20-3/h1,9-11H,5-8H2,2-3H3. The second-order valence-electron chi connectivity index (χ2n) is 4.21. The van der Waals surface area contributed by atoms with E-state index in [4.69, 9.17) is 25.4 Å². The van der Waals surface area contributed by atoms with Gasteiger partial charge in [0.05, 0.1) is 27.4 Å². The van der Waals surface area contributed by atoms with Crippen molar-refractivity contribution in [1.82, 2.24) is 0 Å². The lowest BCUT2D eigenvalue weighted by Gasteiger charge is -2.14. The van der Waals surface area contributed by atoms with E-state index in [2.05, 4.69) is 0 Å². The van der Waals surface area contributed by atoms with E-state index in [-0.39, 0.29) is 6.61 Å². The van der Waals surface area contributed by atoms with Gasteiger partial charge in [-0.15, -0.1) is 6.42 Å². The van der Waals surface area contributed by atoms with Gasteiger partial charge < -0.3 is 18.9 Å². The van der Waals surface area contributed by atoms with Crippen LogP contribution in [0.1, 0.15) is 23.2 Å². The van der Waals surface area contributed by atoms with Crippen LogP contribution in [0, 0.1) is 12.3 Å². The molecule has 118 valence electrons. The van der Waals surface area contributed by atoms with Crippen LogP contribution in [0.25, 0.3) is 0 Å². The van der Waals surface area contributed by atoms with Gasteiger partial charge >= 0.3 is 5.97 Å². The number of hydrogen-bond acceptors (Lipinski definition) is 6. The highest BCUT2D eigenvalue weighted by Crippen LogP contribution is 2.38. The van der Waals surface area contributed by atoms with Gasteiger partial charge in [-0.3, -0.25) is 4.79 Å². The van der Waals surface area contributed by atoms with E-state index in [9.17, 15) is 9.59 Å². The number of hydrogen-bond donors (Lipinski definition) is 0. The summed E-state index contributed by atoms with van der Waals surface area (Å²) in [5, 5.41) is 0. The molecule has 0 fully saturated rings. The number of unbranched alkanes of at least 4 members (excludes halogenated alkanes) is 1. The van der Waals surface area contributed by atoms with Crippen LogP contribution in [0.15, 0.2) is 12.1 Å². The number of aldehydes is 1. The Bertz CT molecular complexity index is 533. The molecule has 1 aromatic carbocycles. The minimum atomic E-state index is -0.672. The Kier molecular flexibility index (Phi) is 7.34. The highest BCUT2D eigenvalue weighted by Gasteiger charge is 2.14. The van der Waals surface area contributed by atoms with Gasteiger partial charge in [0.25, 0.3) is 0 Å². The maximum absolute atomic E-state index is 10.9. The fourth-order valence-electron chi connectivity index (χ4n) is 1.70. The molecule has 0 aromatic heterocycles. The molecule has 0 aliphatic rings. The molecular formula is C16H18O6. The summed E-state index contributed by atoms with van der Waals surface area (Å²) in [5.74, 6) is 2.46. The minimum Gasteiger partial charge on any atom is -0.493 e. The maximum Gasteiger partial charge on any atom is 0.384 e. The quantitative estimate of drug-likeness (QED) is 0.228. The molecule has 0 bridgehead atoms. The summed E-state index contributed by atoms with van der Waals surface area (Å²) in [6.45, 7) is 0.617. The number of carbonyl (C=O) groups excluding carboxylic acids is 2. The molecule has 0 N–H and O–H groups in total. The third kappa shape index (κ3) is 5.02. The van der Waals surface area contributed by atoms with Crippen LogP contribution < -0.4 is 14.2 Å². The van der Waals surface area contributed by atoms with Crippen molar-refractivity contribution in [3.63, 3.8) is 0 Å². The fourth-order valence-corrected chi connectivity index (χ4v) is 1.70. The molecule has 0 aliphatic heterocycles. The molecular weight excluding hydrogens is 288 g/mol. The van der Waals surface area contributed by atoms with E-state index in [0.717, 1.165) is 0 Å². The topological polar surface area (TPSA) is 71.1 Å². The normalized spacial score (nSPS) is 9.50. The molecule has 0 amide bonds. The largest absolute Gasteiger partial charge is 0.493 e. The van der Waals surface area contributed by atoms with E-state index < -0.39 is 5.97 Å². The summed E-state index contributed by atoms with van der Waals surface area (Å²) < 4.78 is 20.8. The predicted molar refractivity (Wildman–Crippen MR) is 79.5 cm³/mol. The first-order chi connectivity index (χ1) is 10.7. The Morgan fingerprint density at radius 1 is 1.18 bits per heavy atom. The van der Waals surface area contributed by atoms with Gasteiger partial charge in [0.2, 0.25) is 5.75 Å². The van der Waals surface area contributed by atoms with Crippen LogP contribution in [0.5, 0.6) is 17.2 Å². The summed E-state index contributed by atoms with van der Waals surface area (Å²) >= 11 is 0. The van der Waals surface area contributed by atoms with Gasteiger partial charge in [-0.1, -0.05) is 0 Å². The second kappa shape index (κ2) is 9.29. The Labute approximate surface area is 129 Å². The van der Waals surface area contributed by atoms with Crippen molar-refractivity contribution in [2.24, 2.45) is 0 Å². The zero-order valence-electron chi connectivity index (χ0n) is 12.6. The second-order valence-corrected chi connectivity index (χ2v) is 4.21. The first kappa shape index (κ1) is 17.4. The van der Waals surface area contributed by atoms with Crippen LogP contribution >= 0.6 is 0 Å². The summed E-state index contributed by atoms with van der Waals surface area (Å²) in [4.78, 5) is 21.6. The lowest BCUT2D eigenvalue weighted by Crippen LogP contribution is -2.06.